The van der Waals surface area contributed by atoms with Crippen LogP contribution in [-0.4, -0.2) is 9.55 Å². The average molecular weight is 148 g/mol. The number of hydrogen-bond donors (Lipinski definition) is 0. The monoisotopic (exact) mass is 148 g/mol. The van der Waals surface area contributed by atoms with Gasteiger partial charge in [-0.3, -0.25) is 0 Å². The van der Waals surface area contributed by atoms with E-state index in [2.05, 4.69) is 16.1 Å². The Labute approximate surface area is 66.6 Å². The number of hydrogen-bond acceptors (Lipinski definition) is 1. The first kappa shape index (κ1) is 6.65. The number of aryl methyl sites for hydroxylation is 1. The fraction of sp³-hybridized carbons (Fsp3) is 0.444. The fourth-order valence-corrected chi connectivity index (χ4v) is 1.62. The van der Waals surface area contributed by atoms with E-state index in [9.17, 15) is 0 Å². The quantitative estimate of drug-likeness (QED) is 0.594. The molecular formula is C9H12N2. The van der Waals surface area contributed by atoms with Crippen molar-refractivity contribution in [1.82, 2.24) is 9.55 Å². The predicted octanol–water partition coefficient (Wildman–Crippen LogP) is 1.86. The summed E-state index contributed by atoms with van der Waals surface area (Å²) < 4.78 is 2.26. The van der Waals surface area contributed by atoms with Gasteiger partial charge in [0.1, 0.15) is 5.82 Å². The fourth-order valence-electron chi connectivity index (χ4n) is 1.62. The van der Waals surface area contributed by atoms with Crippen LogP contribution in [0, 0.1) is 0 Å². The summed E-state index contributed by atoms with van der Waals surface area (Å²) in [6, 6.07) is 0. The van der Waals surface area contributed by atoms with E-state index in [1.165, 1.54) is 25.0 Å². The van der Waals surface area contributed by atoms with Crippen LogP contribution in [0.1, 0.15) is 24.4 Å². The van der Waals surface area contributed by atoms with E-state index in [0.717, 1.165) is 12.4 Å². The van der Waals surface area contributed by atoms with Crippen molar-refractivity contribution in [3.05, 3.63) is 24.3 Å². The number of aromatic nitrogens is 2. The van der Waals surface area contributed by atoms with Crippen LogP contribution in [0.15, 0.2) is 12.8 Å². The summed E-state index contributed by atoms with van der Waals surface area (Å²) >= 11 is 0. The first-order valence-electron chi connectivity index (χ1n) is 4.08. The third-order valence-electron chi connectivity index (χ3n) is 2.22. The Morgan fingerprint density at radius 1 is 1.55 bits per heavy atom. The molecule has 2 heteroatoms. The van der Waals surface area contributed by atoms with Gasteiger partial charge in [-0.15, -0.1) is 0 Å². The minimum Gasteiger partial charge on any atom is -0.329 e. The van der Waals surface area contributed by atoms with Crippen molar-refractivity contribution >= 4 is 6.08 Å². The second-order valence-electron chi connectivity index (χ2n) is 2.92. The molecule has 2 nitrogen and oxygen atoms in total. The molecule has 0 unspecified atom stereocenters. The highest BCUT2D eigenvalue weighted by atomic mass is 15.1. The van der Waals surface area contributed by atoms with Crippen molar-refractivity contribution in [2.24, 2.45) is 0 Å². The van der Waals surface area contributed by atoms with E-state index in [1.54, 1.807) is 0 Å². The van der Waals surface area contributed by atoms with Gasteiger partial charge in [-0.1, -0.05) is 6.58 Å². The van der Waals surface area contributed by atoms with Gasteiger partial charge in [0.05, 0.1) is 0 Å². The minimum atomic E-state index is 1.03. The molecule has 0 saturated carbocycles. The van der Waals surface area contributed by atoms with Crippen LogP contribution in [0.4, 0.5) is 0 Å². The molecule has 0 bridgehead atoms. The summed E-state index contributed by atoms with van der Waals surface area (Å²) in [5, 5.41) is 0. The van der Waals surface area contributed by atoms with Crippen LogP contribution >= 0.6 is 0 Å². The van der Waals surface area contributed by atoms with E-state index in [4.69, 9.17) is 0 Å². The Hall–Kier alpha value is -1.05. The molecule has 0 fully saturated rings. The molecule has 0 radical (unpaired) electrons. The SMILES string of the molecule is C=Cc1ncc2n1CCCC2. The van der Waals surface area contributed by atoms with Gasteiger partial charge in [0.25, 0.3) is 0 Å². The average Bonchev–Trinajstić information content (AvgIpc) is 2.47. The number of rotatable bonds is 1. The largest absolute Gasteiger partial charge is 0.329 e. The maximum absolute atomic E-state index is 4.26. The normalized spacial score (nSPS) is 16.0. The molecule has 2 heterocycles. The number of imidazole rings is 1. The van der Waals surface area contributed by atoms with Crippen LogP contribution < -0.4 is 0 Å². The van der Waals surface area contributed by atoms with E-state index < -0.39 is 0 Å². The zero-order valence-corrected chi connectivity index (χ0v) is 6.58. The van der Waals surface area contributed by atoms with Gasteiger partial charge in [-0.2, -0.15) is 0 Å². The maximum atomic E-state index is 4.26. The van der Waals surface area contributed by atoms with Gasteiger partial charge in [-0.25, -0.2) is 4.98 Å². The Balaban J connectivity index is 2.45. The van der Waals surface area contributed by atoms with Crippen LogP contribution in [0.3, 0.4) is 0 Å². The molecule has 0 atom stereocenters. The van der Waals surface area contributed by atoms with Gasteiger partial charge in [0, 0.05) is 18.4 Å². The van der Waals surface area contributed by atoms with Crippen molar-refractivity contribution in [3.8, 4) is 0 Å². The topological polar surface area (TPSA) is 17.8 Å². The van der Waals surface area contributed by atoms with Crippen molar-refractivity contribution in [2.75, 3.05) is 0 Å². The van der Waals surface area contributed by atoms with Crippen LogP contribution in [-0.2, 0) is 13.0 Å². The smallest absolute Gasteiger partial charge is 0.132 e. The van der Waals surface area contributed by atoms with Gasteiger partial charge in [0.15, 0.2) is 0 Å². The molecule has 1 aliphatic heterocycles. The number of nitrogens with zero attached hydrogens (tertiary/aromatic N) is 2. The van der Waals surface area contributed by atoms with Gasteiger partial charge in [-0.05, 0) is 25.3 Å². The molecule has 1 aliphatic rings. The summed E-state index contributed by atoms with van der Waals surface area (Å²) in [5.74, 6) is 1.03. The summed E-state index contributed by atoms with van der Waals surface area (Å²) in [7, 11) is 0. The zero-order valence-electron chi connectivity index (χ0n) is 6.58. The molecule has 1 aromatic heterocycles. The van der Waals surface area contributed by atoms with E-state index in [0.29, 0.717) is 0 Å². The molecule has 0 amide bonds. The zero-order chi connectivity index (χ0) is 7.68. The number of fused-ring (bicyclic) bond motifs is 1. The van der Waals surface area contributed by atoms with Crippen molar-refractivity contribution in [2.45, 2.75) is 25.8 Å². The Morgan fingerprint density at radius 3 is 3.27 bits per heavy atom. The highest BCUT2D eigenvalue weighted by molar-refractivity contribution is 5.38. The van der Waals surface area contributed by atoms with E-state index in [1.807, 2.05) is 12.3 Å². The third-order valence-corrected chi connectivity index (χ3v) is 2.22. The summed E-state index contributed by atoms with van der Waals surface area (Å²) in [6.07, 6.45) is 7.57. The van der Waals surface area contributed by atoms with Gasteiger partial charge >= 0.3 is 0 Å². The third kappa shape index (κ3) is 0.985. The lowest BCUT2D eigenvalue weighted by molar-refractivity contribution is 0.529. The summed E-state index contributed by atoms with van der Waals surface area (Å²) in [4.78, 5) is 4.26. The standard InChI is InChI=1S/C9H12N2/c1-2-9-10-7-8-5-3-4-6-11(8)9/h2,7H,1,3-6H2. The lowest BCUT2D eigenvalue weighted by Crippen LogP contribution is -2.10. The molecule has 0 spiro atoms. The second kappa shape index (κ2) is 2.53. The van der Waals surface area contributed by atoms with Gasteiger partial charge in [0.2, 0.25) is 0 Å². The highest BCUT2D eigenvalue weighted by Gasteiger charge is 2.10. The molecule has 0 aliphatic carbocycles. The first-order chi connectivity index (χ1) is 5.42. The van der Waals surface area contributed by atoms with Crippen molar-refractivity contribution < 1.29 is 0 Å². The van der Waals surface area contributed by atoms with E-state index in [-0.39, 0.29) is 0 Å². The summed E-state index contributed by atoms with van der Waals surface area (Å²) in [6.45, 7) is 4.85. The Bertz CT molecular complexity index is 273. The highest BCUT2D eigenvalue weighted by Crippen LogP contribution is 2.16. The van der Waals surface area contributed by atoms with Crippen molar-refractivity contribution in [3.63, 3.8) is 0 Å². The molecular weight excluding hydrogens is 136 g/mol. The first-order valence-corrected chi connectivity index (χ1v) is 4.08. The van der Waals surface area contributed by atoms with Crippen LogP contribution in [0.25, 0.3) is 6.08 Å². The molecule has 1 aromatic rings. The van der Waals surface area contributed by atoms with Crippen molar-refractivity contribution in [1.29, 1.82) is 0 Å². The molecule has 0 N–H and O–H groups in total. The Morgan fingerprint density at radius 2 is 2.45 bits per heavy atom. The lowest BCUT2D eigenvalue weighted by atomic mass is 10.1. The predicted molar refractivity (Wildman–Crippen MR) is 45.3 cm³/mol. The van der Waals surface area contributed by atoms with Crippen LogP contribution in [0.2, 0.25) is 0 Å². The lowest BCUT2D eigenvalue weighted by Gasteiger charge is -2.14. The molecule has 0 saturated heterocycles. The van der Waals surface area contributed by atoms with E-state index >= 15 is 0 Å². The second-order valence-corrected chi connectivity index (χ2v) is 2.92. The minimum absolute atomic E-state index is 1.03. The molecule has 58 valence electrons. The van der Waals surface area contributed by atoms with Crippen LogP contribution in [0.5, 0.6) is 0 Å². The maximum Gasteiger partial charge on any atom is 0.132 e. The van der Waals surface area contributed by atoms with Gasteiger partial charge < -0.3 is 4.57 Å². The summed E-state index contributed by atoms with van der Waals surface area (Å²) in [5.41, 5.74) is 1.37. The molecule has 2 rings (SSSR count). The Kier molecular flexibility index (Phi) is 1.53. The molecule has 11 heavy (non-hydrogen) atoms. The molecule has 0 aromatic carbocycles.